The summed E-state index contributed by atoms with van der Waals surface area (Å²) in [6.45, 7) is 2.16. The zero-order chi connectivity index (χ0) is 11.8. The molecule has 0 aliphatic heterocycles. The van der Waals surface area contributed by atoms with E-state index in [-0.39, 0.29) is 5.97 Å². The van der Waals surface area contributed by atoms with Gasteiger partial charge in [0, 0.05) is 0 Å². The molecular formula is C13H17NO2. The number of rotatable bonds is 1. The van der Waals surface area contributed by atoms with E-state index in [2.05, 4.69) is 6.92 Å². The fourth-order valence-electron chi connectivity index (χ4n) is 2.46. The van der Waals surface area contributed by atoms with Gasteiger partial charge in [0.1, 0.15) is 5.54 Å². The second-order valence-electron chi connectivity index (χ2n) is 4.49. The predicted molar refractivity (Wildman–Crippen MR) is 62.0 cm³/mol. The van der Waals surface area contributed by atoms with Gasteiger partial charge in [-0.25, -0.2) is 4.79 Å². The van der Waals surface area contributed by atoms with E-state index < -0.39 is 5.54 Å². The molecule has 2 N–H and O–H groups in total. The Morgan fingerprint density at radius 3 is 2.88 bits per heavy atom. The van der Waals surface area contributed by atoms with Crippen LogP contribution < -0.4 is 5.73 Å². The van der Waals surface area contributed by atoms with Crippen molar-refractivity contribution >= 4 is 5.97 Å². The number of carbonyl (C=O) groups is 1. The highest BCUT2D eigenvalue weighted by Crippen LogP contribution is 2.40. The first-order valence-corrected chi connectivity index (χ1v) is 5.56. The summed E-state index contributed by atoms with van der Waals surface area (Å²) in [7, 11) is 1.39. The van der Waals surface area contributed by atoms with Crippen LogP contribution >= 0.6 is 0 Å². The summed E-state index contributed by atoms with van der Waals surface area (Å²) in [5.41, 5.74) is 7.34. The van der Waals surface area contributed by atoms with Crippen LogP contribution in [0.4, 0.5) is 0 Å². The van der Waals surface area contributed by atoms with E-state index in [4.69, 9.17) is 10.5 Å². The van der Waals surface area contributed by atoms with Crippen molar-refractivity contribution in [2.45, 2.75) is 31.2 Å². The monoisotopic (exact) mass is 219 g/mol. The van der Waals surface area contributed by atoms with Crippen LogP contribution in [0.1, 0.15) is 36.8 Å². The molecule has 0 radical (unpaired) electrons. The van der Waals surface area contributed by atoms with Gasteiger partial charge in [0.2, 0.25) is 0 Å². The lowest BCUT2D eigenvalue weighted by molar-refractivity contribution is -0.148. The molecule has 0 fully saturated rings. The molecule has 0 saturated carbocycles. The maximum atomic E-state index is 11.8. The smallest absolute Gasteiger partial charge is 0.330 e. The van der Waals surface area contributed by atoms with Crippen molar-refractivity contribution in [3.05, 3.63) is 35.4 Å². The first kappa shape index (κ1) is 11.1. The fraction of sp³-hybridized carbons (Fsp3) is 0.462. The Morgan fingerprint density at radius 2 is 2.19 bits per heavy atom. The molecule has 3 nitrogen and oxygen atoms in total. The molecule has 1 aromatic rings. The molecule has 0 amide bonds. The third-order valence-corrected chi connectivity index (χ3v) is 3.49. The highest BCUT2D eigenvalue weighted by Gasteiger charge is 2.42. The van der Waals surface area contributed by atoms with Crippen molar-refractivity contribution in [3.63, 3.8) is 0 Å². The topological polar surface area (TPSA) is 52.3 Å². The van der Waals surface area contributed by atoms with Gasteiger partial charge in [-0.15, -0.1) is 0 Å². The van der Waals surface area contributed by atoms with E-state index in [9.17, 15) is 4.79 Å². The largest absolute Gasteiger partial charge is 0.467 e. The molecule has 1 aliphatic carbocycles. The molecule has 0 spiro atoms. The maximum absolute atomic E-state index is 11.8. The second kappa shape index (κ2) is 3.91. The van der Waals surface area contributed by atoms with Gasteiger partial charge in [0.25, 0.3) is 0 Å². The third-order valence-electron chi connectivity index (χ3n) is 3.49. The number of esters is 1. The highest BCUT2D eigenvalue weighted by molar-refractivity contribution is 5.83. The Labute approximate surface area is 95.6 Å². The van der Waals surface area contributed by atoms with Crippen LogP contribution in [0.3, 0.4) is 0 Å². The number of methoxy groups -OCH3 is 1. The maximum Gasteiger partial charge on any atom is 0.330 e. The number of carbonyl (C=O) groups excluding carboxylic acids is 1. The minimum absolute atomic E-state index is 0.341. The van der Waals surface area contributed by atoms with Crippen LogP contribution in [0, 0.1) is 0 Å². The summed E-state index contributed by atoms with van der Waals surface area (Å²) in [5, 5.41) is 0. The molecule has 2 unspecified atom stereocenters. The summed E-state index contributed by atoms with van der Waals surface area (Å²) in [4.78, 5) is 11.8. The zero-order valence-electron chi connectivity index (χ0n) is 9.69. The molecule has 1 aliphatic rings. The van der Waals surface area contributed by atoms with Crippen molar-refractivity contribution in [2.24, 2.45) is 5.73 Å². The Morgan fingerprint density at radius 1 is 1.50 bits per heavy atom. The van der Waals surface area contributed by atoms with Gasteiger partial charge in [-0.3, -0.25) is 0 Å². The van der Waals surface area contributed by atoms with Crippen LogP contribution in [0.5, 0.6) is 0 Å². The van der Waals surface area contributed by atoms with Gasteiger partial charge in [0.15, 0.2) is 0 Å². The van der Waals surface area contributed by atoms with Gasteiger partial charge >= 0.3 is 5.97 Å². The Hall–Kier alpha value is -1.35. The van der Waals surface area contributed by atoms with E-state index in [0.717, 1.165) is 12.0 Å². The van der Waals surface area contributed by atoms with Crippen LogP contribution in [-0.2, 0) is 15.1 Å². The Balaban J connectivity index is 2.53. The molecule has 86 valence electrons. The third kappa shape index (κ3) is 1.52. The van der Waals surface area contributed by atoms with Gasteiger partial charge in [-0.2, -0.15) is 0 Å². The molecule has 16 heavy (non-hydrogen) atoms. The lowest BCUT2D eigenvalue weighted by Gasteiger charge is -2.35. The summed E-state index contributed by atoms with van der Waals surface area (Å²) in [6, 6.07) is 7.88. The number of hydrogen-bond acceptors (Lipinski definition) is 3. The van der Waals surface area contributed by atoms with Gasteiger partial charge in [-0.05, 0) is 29.9 Å². The molecule has 2 rings (SSSR count). The normalized spacial score (nSPS) is 28.3. The van der Waals surface area contributed by atoms with E-state index in [1.165, 1.54) is 12.7 Å². The average Bonchev–Trinajstić information content (AvgIpc) is 2.33. The van der Waals surface area contributed by atoms with Gasteiger partial charge in [-0.1, -0.05) is 31.2 Å². The SMILES string of the molecule is COC(=O)C1(N)CCC(C)c2ccccc21. The lowest BCUT2D eigenvalue weighted by atomic mass is 9.73. The molecule has 1 aromatic carbocycles. The van der Waals surface area contributed by atoms with E-state index in [0.29, 0.717) is 12.3 Å². The van der Waals surface area contributed by atoms with Crippen molar-refractivity contribution in [2.75, 3.05) is 7.11 Å². The molecular weight excluding hydrogens is 202 g/mol. The summed E-state index contributed by atoms with van der Waals surface area (Å²) in [5.74, 6) is 0.115. The lowest BCUT2D eigenvalue weighted by Crippen LogP contribution is -2.48. The minimum atomic E-state index is -0.960. The van der Waals surface area contributed by atoms with Crippen molar-refractivity contribution in [1.29, 1.82) is 0 Å². The van der Waals surface area contributed by atoms with Crippen LogP contribution in [0.15, 0.2) is 24.3 Å². The molecule has 0 heterocycles. The first-order chi connectivity index (χ1) is 7.59. The number of benzene rings is 1. The summed E-state index contributed by atoms with van der Waals surface area (Å²) >= 11 is 0. The quantitative estimate of drug-likeness (QED) is 0.734. The van der Waals surface area contributed by atoms with Crippen molar-refractivity contribution in [1.82, 2.24) is 0 Å². The van der Waals surface area contributed by atoms with Crippen molar-refractivity contribution in [3.8, 4) is 0 Å². The summed E-state index contributed by atoms with van der Waals surface area (Å²) in [6.07, 6.45) is 1.57. The minimum Gasteiger partial charge on any atom is -0.467 e. The molecule has 0 bridgehead atoms. The van der Waals surface area contributed by atoms with Crippen LogP contribution in [0.2, 0.25) is 0 Å². The summed E-state index contributed by atoms with van der Waals surface area (Å²) < 4.78 is 4.82. The van der Waals surface area contributed by atoms with E-state index in [1.807, 2.05) is 24.3 Å². The van der Waals surface area contributed by atoms with Crippen LogP contribution in [-0.4, -0.2) is 13.1 Å². The number of hydrogen-bond donors (Lipinski definition) is 1. The Bertz CT molecular complexity index is 416. The predicted octanol–water partition coefficient (Wildman–Crippen LogP) is 1.91. The highest BCUT2D eigenvalue weighted by atomic mass is 16.5. The van der Waals surface area contributed by atoms with E-state index in [1.54, 1.807) is 0 Å². The van der Waals surface area contributed by atoms with Crippen molar-refractivity contribution < 1.29 is 9.53 Å². The van der Waals surface area contributed by atoms with Crippen LogP contribution in [0.25, 0.3) is 0 Å². The molecule has 0 aromatic heterocycles. The fourth-order valence-corrected chi connectivity index (χ4v) is 2.46. The number of ether oxygens (including phenoxy) is 1. The second-order valence-corrected chi connectivity index (χ2v) is 4.49. The molecule has 2 atom stereocenters. The van der Waals surface area contributed by atoms with E-state index >= 15 is 0 Å². The average molecular weight is 219 g/mol. The number of fused-ring (bicyclic) bond motifs is 1. The molecule has 0 saturated heterocycles. The van der Waals surface area contributed by atoms with Gasteiger partial charge < -0.3 is 10.5 Å². The Kier molecular flexibility index (Phi) is 2.72. The first-order valence-electron chi connectivity index (χ1n) is 5.56. The number of nitrogens with two attached hydrogens (primary N) is 1. The molecule has 3 heteroatoms. The zero-order valence-corrected chi connectivity index (χ0v) is 9.69. The standard InChI is InChI=1S/C13H17NO2/c1-9-7-8-13(14,12(15)16-2)11-6-4-3-5-10(9)11/h3-6,9H,7-8,14H2,1-2H3. The van der Waals surface area contributed by atoms with Gasteiger partial charge in [0.05, 0.1) is 7.11 Å².